The van der Waals surface area contributed by atoms with Gasteiger partial charge in [-0.3, -0.25) is 4.98 Å². The number of aromatic nitrogens is 3. The molecule has 6 heteroatoms. The van der Waals surface area contributed by atoms with Gasteiger partial charge in [-0.25, -0.2) is 9.97 Å². The van der Waals surface area contributed by atoms with Crippen molar-refractivity contribution < 1.29 is 4.74 Å². The molecule has 0 amide bonds. The summed E-state index contributed by atoms with van der Waals surface area (Å²) in [4.78, 5) is 12.7. The summed E-state index contributed by atoms with van der Waals surface area (Å²) in [7, 11) is 0. The van der Waals surface area contributed by atoms with E-state index in [1.165, 1.54) is 0 Å². The number of fused-ring (bicyclic) bond motifs is 1. The third-order valence-corrected chi connectivity index (χ3v) is 3.43. The number of rotatable bonds is 3. The van der Waals surface area contributed by atoms with E-state index in [4.69, 9.17) is 27.9 Å². The quantitative estimate of drug-likeness (QED) is 0.678. The van der Waals surface area contributed by atoms with Crippen LogP contribution in [0.2, 0.25) is 10.2 Å². The molecular weight excluding hydrogens is 309 g/mol. The maximum atomic E-state index is 6.15. The minimum atomic E-state index is 0.217. The highest BCUT2D eigenvalue weighted by atomic mass is 35.5. The standard InChI is InChI=1S/C15H11Cl2N3O/c1-9-7-13(17)20-14(19-9)8-21-12-5-4-11(16)10-3-2-6-18-15(10)12/h2-7H,8H2,1H3. The van der Waals surface area contributed by atoms with Crippen molar-refractivity contribution in [3.05, 3.63) is 58.2 Å². The summed E-state index contributed by atoms with van der Waals surface area (Å²) in [6.45, 7) is 2.07. The molecule has 0 saturated heterocycles. The van der Waals surface area contributed by atoms with Crippen molar-refractivity contribution in [2.45, 2.75) is 13.5 Å². The number of aryl methyl sites for hydroxylation is 1. The van der Waals surface area contributed by atoms with Crippen LogP contribution >= 0.6 is 23.2 Å². The predicted molar refractivity (Wildman–Crippen MR) is 82.9 cm³/mol. The van der Waals surface area contributed by atoms with Crippen LogP contribution in [0, 0.1) is 6.92 Å². The molecule has 1 aromatic carbocycles. The molecule has 0 saturated carbocycles. The second-order valence-electron chi connectivity index (χ2n) is 4.48. The van der Waals surface area contributed by atoms with E-state index >= 15 is 0 Å². The van der Waals surface area contributed by atoms with Gasteiger partial charge in [-0.15, -0.1) is 0 Å². The molecule has 4 nitrogen and oxygen atoms in total. The van der Waals surface area contributed by atoms with E-state index in [1.54, 1.807) is 24.4 Å². The second kappa shape index (κ2) is 5.84. The summed E-state index contributed by atoms with van der Waals surface area (Å²) >= 11 is 12.1. The monoisotopic (exact) mass is 319 g/mol. The topological polar surface area (TPSA) is 47.9 Å². The highest BCUT2D eigenvalue weighted by Crippen LogP contribution is 2.29. The number of hydrogen-bond acceptors (Lipinski definition) is 4. The van der Waals surface area contributed by atoms with Gasteiger partial charge in [-0.1, -0.05) is 23.2 Å². The van der Waals surface area contributed by atoms with E-state index in [0.29, 0.717) is 27.3 Å². The Bertz CT molecular complexity index is 788. The molecule has 0 radical (unpaired) electrons. The first kappa shape index (κ1) is 14.0. The van der Waals surface area contributed by atoms with Gasteiger partial charge in [0.2, 0.25) is 0 Å². The fourth-order valence-corrected chi connectivity index (χ4v) is 2.49. The molecule has 0 aliphatic rings. The molecule has 0 aliphatic heterocycles. The summed E-state index contributed by atoms with van der Waals surface area (Å²) in [5.74, 6) is 1.16. The Balaban J connectivity index is 1.90. The largest absolute Gasteiger partial charge is 0.483 e. The van der Waals surface area contributed by atoms with Crippen molar-refractivity contribution >= 4 is 34.1 Å². The Morgan fingerprint density at radius 2 is 2.00 bits per heavy atom. The summed E-state index contributed by atoms with van der Waals surface area (Å²) < 4.78 is 5.77. The zero-order valence-electron chi connectivity index (χ0n) is 11.2. The third-order valence-electron chi connectivity index (χ3n) is 2.91. The molecule has 0 unspecified atom stereocenters. The van der Waals surface area contributed by atoms with Gasteiger partial charge in [0.25, 0.3) is 0 Å². The Labute approximate surface area is 131 Å². The molecule has 0 bridgehead atoms. The van der Waals surface area contributed by atoms with Crippen LogP contribution in [0.15, 0.2) is 36.5 Å². The molecule has 0 spiro atoms. The van der Waals surface area contributed by atoms with Crippen molar-refractivity contribution in [1.82, 2.24) is 15.0 Å². The summed E-state index contributed by atoms with van der Waals surface area (Å²) in [6, 6.07) is 9.00. The number of halogens is 2. The Hall–Kier alpha value is -1.91. The SMILES string of the molecule is Cc1cc(Cl)nc(COc2ccc(Cl)c3cccnc23)n1. The van der Waals surface area contributed by atoms with Gasteiger partial charge in [0, 0.05) is 17.3 Å². The van der Waals surface area contributed by atoms with Gasteiger partial charge in [0.1, 0.15) is 23.0 Å². The maximum absolute atomic E-state index is 6.15. The Morgan fingerprint density at radius 1 is 1.14 bits per heavy atom. The molecule has 2 heterocycles. The predicted octanol–water partition coefficient (Wildman–Crippen LogP) is 4.22. The van der Waals surface area contributed by atoms with Crippen LogP contribution in [-0.2, 0) is 6.61 Å². The van der Waals surface area contributed by atoms with Gasteiger partial charge in [-0.05, 0) is 37.3 Å². The lowest BCUT2D eigenvalue weighted by atomic mass is 10.2. The lowest BCUT2D eigenvalue weighted by Gasteiger charge is -2.09. The minimum Gasteiger partial charge on any atom is -0.483 e. The molecule has 3 aromatic rings. The van der Waals surface area contributed by atoms with Crippen molar-refractivity contribution in [2.24, 2.45) is 0 Å². The average Bonchev–Trinajstić information content (AvgIpc) is 2.46. The highest BCUT2D eigenvalue weighted by molar-refractivity contribution is 6.35. The number of nitrogens with zero attached hydrogens (tertiary/aromatic N) is 3. The third kappa shape index (κ3) is 3.06. The first-order chi connectivity index (χ1) is 10.1. The second-order valence-corrected chi connectivity index (χ2v) is 5.28. The zero-order valence-corrected chi connectivity index (χ0v) is 12.7. The van der Waals surface area contributed by atoms with Crippen LogP contribution in [0.4, 0.5) is 0 Å². The van der Waals surface area contributed by atoms with Crippen LogP contribution < -0.4 is 4.74 Å². The van der Waals surface area contributed by atoms with Gasteiger partial charge in [0.05, 0.1) is 5.02 Å². The van der Waals surface area contributed by atoms with Gasteiger partial charge in [-0.2, -0.15) is 0 Å². The van der Waals surface area contributed by atoms with E-state index in [-0.39, 0.29) is 6.61 Å². The smallest absolute Gasteiger partial charge is 0.167 e. The van der Waals surface area contributed by atoms with Crippen molar-refractivity contribution in [3.8, 4) is 5.75 Å². The lowest BCUT2D eigenvalue weighted by Crippen LogP contribution is -2.03. The van der Waals surface area contributed by atoms with E-state index in [9.17, 15) is 0 Å². The van der Waals surface area contributed by atoms with E-state index in [1.807, 2.05) is 19.1 Å². The maximum Gasteiger partial charge on any atom is 0.167 e. The van der Waals surface area contributed by atoms with Crippen LogP contribution in [0.3, 0.4) is 0 Å². The molecule has 0 N–H and O–H groups in total. The van der Waals surface area contributed by atoms with Crippen LogP contribution in [-0.4, -0.2) is 15.0 Å². The van der Waals surface area contributed by atoms with Crippen molar-refractivity contribution in [3.63, 3.8) is 0 Å². The average molecular weight is 320 g/mol. The number of hydrogen-bond donors (Lipinski definition) is 0. The first-order valence-corrected chi connectivity index (χ1v) is 7.05. The van der Waals surface area contributed by atoms with Crippen LogP contribution in [0.5, 0.6) is 5.75 Å². The summed E-state index contributed by atoms with van der Waals surface area (Å²) in [5.41, 5.74) is 1.51. The fraction of sp³-hybridized carbons (Fsp3) is 0.133. The van der Waals surface area contributed by atoms with E-state index < -0.39 is 0 Å². The molecular formula is C15H11Cl2N3O. The van der Waals surface area contributed by atoms with E-state index in [0.717, 1.165) is 11.1 Å². The zero-order chi connectivity index (χ0) is 14.8. The number of benzene rings is 1. The number of ether oxygens (including phenoxy) is 1. The van der Waals surface area contributed by atoms with Gasteiger partial charge in [0.15, 0.2) is 5.82 Å². The molecule has 2 aromatic heterocycles. The van der Waals surface area contributed by atoms with Gasteiger partial charge < -0.3 is 4.74 Å². The summed E-state index contributed by atoms with van der Waals surface area (Å²) in [6.07, 6.45) is 1.70. The minimum absolute atomic E-state index is 0.217. The van der Waals surface area contributed by atoms with Crippen LogP contribution in [0.25, 0.3) is 10.9 Å². The summed E-state index contributed by atoms with van der Waals surface area (Å²) in [5, 5.41) is 1.89. The highest BCUT2D eigenvalue weighted by Gasteiger charge is 2.08. The molecule has 0 fully saturated rings. The van der Waals surface area contributed by atoms with Crippen molar-refractivity contribution in [2.75, 3.05) is 0 Å². The van der Waals surface area contributed by atoms with Gasteiger partial charge >= 0.3 is 0 Å². The molecule has 3 rings (SSSR count). The van der Waals surface area contributed by atoms with E-state index in [2.05, 4.69) is 15.0 Å². The molecule has 21 heavy (non-hydrogen) atoms. The molecule has 0 atom stereocenters. The molecule has 106 valence electrons. The lowest BCUT2D eigenvalue weighted by molar-refractivity contribution is 0.298. The normalized spacial score (nSPS) is 10.8. The first-order valence-electron chi connectivity index (χ1n) is 6.29. The Kier molecular flexibility index (Phi) is 3.90. The Morgan fingerprint density at radius 3 is 2.81 bits per heavy atom. The van der Waals surface area contributed by atoms with Crippen molar-refractivity contribution in [1.29, 1.82) is 0 Å². The van der Waals surface area contributed by atoms with Crippen LogP contribution in [0.1, 0.15) is 11.5 Å². The number of pyridine rings is 1. The fourth-order valence-electron chi connectivity index (χ4n) is 2.02. The molecule has 0 aliphatic carbocycles.